The summed E-state index contributed by atoms with van der Waals surface area (Å²) in [4.78, 5) is 12.1. The first-order chi connectivity index (χ1) is 11.6. The van der Waals surface area contributed by atoms with Crippen LogP contribution in [0.4, 0.5) is 5.69 Å². The van der Waals surface area contributed by atoms with E-state index in [9.17, 15) is 9.90 Å². The monoisotopic (exact) mass is 343 g/mol. The summed E-state index contributed by atoms with van der Waals surface area (Å²) in [6, 6.07) is 16.7. The third-order valence-electron chi connectivity index (χ3n) is 3.21. The van der Waals surface area contributed by atoms with Crippen molar-refractivity contribution in [1.82, 2.24) is 0 Å². The fraction of sp³-hybridized carbons (Fsp3) is 0.0556. The lowest BCUT2D eigenvalue weighted by atomic mass is 10.3. The Morgan fingerprint density at radius 2 is 1.96 bits per heavy atom. The quantitative estimate of drug-likeness (QED) is 0.670. The van der Waals surface area contributed by atoms with Crippen molar-refractivity contribution in [3.05, 3.63) is 77.2 Å². The number of carbonyl (C=O) groups excluding carboxylic acids is 1. The number of amides is 1. The Bertz CT molecular complexity index is 859. The number of nitrogens with one attached hydrogen (secondary N) is 1. The van der Waals surface area contributed by atoms with Crippen LogP contribution in [-0.2, 0) is 6.61 Å². The van der Waals surface area contributed by atoms with Gasteiger partial charge in [-0.05, 0) is 42.5 Å². The highest BCUT2D eigenvalue weighted by atomic mass is 35.5. The SMILES string of the molecule is O=C(Nc1ccccc1O)c1ccc(COc2cccc(Cl)c2)o1. The lowest BCUT2D eigenvalue weighted by Gasteiger charge is -2.05. The number of phenols is 1. The van der Waals surface area contributed by atoms with Crippen molar-refractivity contribution in [2.24, 2.45) is 0 Å². The number of phenolic OH excluding ortho intramolecular Hbond substituents is 1. The van der Waals surface area contributed by atoms with Gasteiger partial charge in [-0.3, -0.25) is 4.79 Å². The molecule has 0 saturated heterocycles. The largest absolute Gasteiger partial charge is 0.506 e. The van der Waals surface area contributed by atoms with Crippen molar-refractivity contribution in [3.63, 3.8) is 0 Å². The average Bonchev–Trinajstić information content (AvgIpc) is 3.04. The van der Waals surface area contributed by atoms with Gasteiger partial charge in [-0.25, -0.2) is 0 Å². The summed E-state index contributed by atoms with van der Waals surface area (Å²) in [5.74, 6) is 0.770. The van der Waals surface area contributed by atoms with Crippen molar-refractivity contribution in [2.45, 2.75) is 6.61 Å². The normalized spacial score (nSPS) is 10.4. The fourth-order valence-electron chi connectivity index (χ4n) is 2.05. The van der Waals surface area contributed by atoms with E-state index in [2.05, 4.69) is 5.32 Å². The molecule has 122 valence electrons. The second-order valence-corrected chi connectivity index (χ2v) is 5.42. The topological polar surface area (TPSA) is 71.7 Å². The number of carbonyl (C=O) groups is 1. The minimum atomic E-state index is -0.453. The van der Waals surface area contributed by atoms with E-state index in [0.717, 1.165) is 0 Å². The lowest BCUT2D eigenvalue weighted by molar-refractivity contribution is 0.0992. The molecule has 0 radical (unpaired) electrons. The second kappa shape index (κ2) is 7.10. The Labute approximate surface area is 143 Å². The molecule has 5 nitrogen and oxygen atoms in total. The molecule has 3 aromatic rings. The minimum absolute atomic E-state index is 0.0121. The number of para-hydroxylation sites is 2. The van der Waals surface area contributed by atoms with E-state index in [4.69, 9.17) is 20.8 Å². The van der Waals surface area contributed by atoms with Crippen LogP contribution in [0.15, 0.2) is 65.1 Å². The molecule has 0 saturated carbocycles. The van der Waals surface area contributed by atoms with Crippen LogP contribution in [-0.4, -0.2) is 11.0 Å². The Kier molecular flexibility index (Phi) is 4.72. The van der Waals surface area contributed by atoms with Crippen LogP contribution in [0.2, 0.25) is 5.02 Å². The molecule has 1 aromatic heterocycles. The summed E-state index contributed by atoms with van der Waals surface area (Å²) in [5.41, 5.74) is 0.315. The van der Waals surface area contributed by atoms with Gasteiger partial charge in [-0.2, -0.15) is 0 Å². The Morgan fingerprint density at radius 1 is 1.12 bits per heavy atom. The van der Waals surface area contributed by atoms with Crippen molar-refractivity contribution in [1.29, 1.82) is 0 Å². The van der Waals surface area contributed by atoms with Crippen molar-refractivity contribution in [3.8, 4) is 11.5 Å². The van der Waals surface area contributed by atoms with Gasteiger partial charge in [0.1, 0.15) is 23.9 Å². The lowest BCUT2D eigenvalue weighted by Crippen LogP contribution is -2.10. The van der Waals surface area contributed by atoms with Crippen molar-refractivity contribution in [2.75, 3.05) is 5.32 Å². The smallest absolute Gasteiger partial charge is 0.291 e. The molecule has 0 aliphatic rings. The van der Waals surface area contributed by atoms with Gasteiger partial charge in [0.25, 0.3) is 5.91 Å². The standard InChI is InChI=1S/C18H14ClNO4/c19-12-4-3-5-13(10-12)23-11-14-8-9-17(24-14)18(22)20-15-6-1-2-7-16(15)21/h1-10,21H,11H2,(H,20,22). The number of rotatable bonds is 5. The highest BCUT2D eigenvalue weighted by Gasteiger charge is 2.13. The maximum atomic E-state index is 12.1. The predicted octanol–water partition coefficient (Wildman–Crippen LogP) is 4.47. The first-order valence-corrected chi connectivity index (χ1v) is 7.56. The zero-order valence-electron chi connectivity index (χ0n) is 12.5. The van der Waals surface area contributed by atoms with E-state index in [1.807, 2.05) is 0 Å². The molecule has 0 aliphatic heterocycles. The predicted molar refractivity (Wildman–Crippen MR) is 90.6 cm³/mol. The third-order valence-corrected chi connectivity index (χ3v) is 3.45. The van der Waals surface area contributed by atoms with Crippen LogP contribution in [0.25, 0.3) is 0 Å². The molecule has 0 aliphatic carbocycles. The molecule has 0 spiro atoms. The molecule has 0 bridgehead atoms. The van der Waals surface area contributed by atoms with Crippen LogP contribution in [0.1, 0.15) is 16.3 Å². The molecule has 0 atom stereocenters. The van der Waals surface area contributed by atoms with Crippen molar-refractivity contribution >= 4 is 23.2 Å². The molecule has 2 N–H and O–H groups in total. The van der Waals surface area contributed by atoms with E-state index >= 15 is 0 Å². The van der Waals surface area contributed by atoms with Crippen LogP contribution >= 0.6 is 11.6 Å². The second-order valence-electron chi connectivity index (χ2n) is 4.98. The number of hydrogen-bond acceptors (Lipinski definition) is 4. The summed E-state index contributed by atoms with van der Waals surface area (Å²) in [7, 11) is 0. The summed E-state index contributed by atoms with van der Waals surface area (Å²) in [5, 5.41) is 12.8. The summed E-state index contributed by atoms with van der Waals surface area (Å²) in [6.07, 6.45) is 0. The van der Waals surface area contributed by atoms with Crippen LogP contribution < -0.4 is 10.1 Å². The molecule has 0 fully saturated rings. The maximum absolute atomic E-state index is 12.1. The Morgan fingerprint density at radius 3 is 2.75 bits per heavy atom. The first-order valence-electron chi connectivity index (χ1n) is 7.18. The van der Waals surface area contributed by atoms with E-state index in [1.54, 1.807) is 54.6 Å². The zero-order valence-corrected chi connectivity index (χ0v) is 13.3. The van der Waals surface area contributed by atoms with Gasteiger partial charge in [0.05, 0.1) is 5.69 Å². The van der Waals surface area contributed by atoms with Gasteiger partial charge in [0.15, 0.2) is 5.76 Å². The molecule has 2 aromatic carbocycles. The number of benzene rings is 2. The Balaban J connectivity index is 1.62. The van der Waals surface area contributed by atoms with Crippen LogP contribution in [0.3, 0.4) is 0 Å². The average molecular weight is 344 g/mol. The highest BCUT2D eigenvalue weighted by Crippen LogP contribution is 2.23. The van der Waals surface area contributed by atoms with Gasteiger partial charge < -0.3 is 19.6 Å². The Hall–Kier alpha value is -2.92. The first kappa shape index (κ1) is 16.0. The maximum Gasteiger partial charge on any atom is 0.291 e. The summed E-state index contributed by atoms with van der Waals surface area (Å²) in [6.45, 7) is 0.171. The van der Waals surface area contributed by atoms with Gasteiger partial charge in [0.2, 0.25) is 0 Å². The number of furan rings is 1. The number of halogens is 1. The molecule has 1 heterocycles. The van der Waals surface area contributed by atoms with E-state index in [1.165, 1.54) is 6.07 Å². The molecular formula is C18H14ClNO4. The van der Waals surface area contributed by atoms with Gasteiger partial charge in [0, 0.05) is 5.02 Å². The van der Waals surface area contributed by atoms with Crippen LogP contribution in [0, 0.1) is 0 Å². The number of hydrogen-bond donors (Lipinski definition) is 2. The molecule has 6 heteroatoms. The number of anilines is 1. The van der Waals surface area contributed by atoms with Gasteiger partial charge >= 0.3 is 0 Å². The molecule has 1 amide bonds. The van der Waals surface area contributed by atoms with Crippen molar-refractivity contribution < 1.29 is 19.1 Å². The molecule has 24 heavy (non-hydrogen) atoms. The number of aromatic hydroxyl groups is 1. The molecular weight excluding hydrogens is 330 g/mol. The highest BCUT2D eigenvalue weighted by molar-refractivity contribution is 6.30. The minimum Gasteiger partial charge on any atom is -0.506 e. The zero-order chi connectivity index (χ0) is 16.9. The number of ether oxygens (including phenoxy) is 1. The molecule has 0 unspecified atom stereocenters. The summed E-state index contributed by atoms with van der Waals surface area (Å²) >= 11 is 5.89. The van der Waals surface area contributed by atoms with Gasteiger partial charge in [-0.15, -0.1) is 0 Å². The van der Waals surface area contributed by atoms with E-state index < -0.39 is 5.91 Å². The summed E-state index contributed by atoms with van der Waals surface area (Å²) < 4.78 is 11.0. The van der Waals surface area contributed by atoms with Crippen LogP contribution in [0.5, 0.6) is 11.5 Å². The fourth-order valence-corrected chi connectivity index (χ4v) is 2.23. The molecule has 3 rings (SSSR count). The van der Waals surface area contributed by atoms with E-state index in [-0.39, 0.29) is 18.1 Å². The van der Waals surface area contributed by atoms with E-state index in [0.29, 0.717) is 22.2 Å². The third kappa shape index (κ3) is 3.88. The van der Waals surface area contributed by atoms with Gasteiger partial charge in [-0.1, -0.05) is 29.8 Å².